The minimum Gasteiger partial charge on any atom is -0.481 e. The van der Waals surface area contributed by atoms with Gasteiger partial charge in [-0.25, -0.2) is 9.97 Å². The highest BCUT2D eigenvalue weighted by Gasteiger charge is 1.98. The van der Waals surface area contributed by atoms with Gasteiger partial charge in [0.25, 0.3) is 0 Å². The predicted molar refractivity (Wildman–Crippen MR) is 71.0 cm³/mol. The topological polar surface area (TPSA) is 65.0 Å². The van der Waals surface area contributed by atoms with Crippen molar-refractivity contribution in [1.82, 2.24) is 19.5 Å². The summed E-state index contributed by atoms with van der Waals surface area (Å²) < 4.78 is 11.6. The van der Waals surface area contributed by atoms with Gasteiger partial charge in [0.05, 0.1) is 39.3 Å². The number of aromatic amines is 1. The van der Waals surface area contributed by atoms with Gasteiger partial charge >= 0.3 is 0 Å². The van der Waals surface area contributed by atoms with Gasteiger partial charge in [-0.2, -0.15) is 0 Å². The van der Waals surface area contributed by atoms with Crippen molar-refractivity contribution in [2.24, 2.45) is 0 Å². The monoisotopic (exact) mass is 254 g/mol. The van der Waals surface area contributed by atoms with Crippen LogP contribution >= 0.6 is 0 Å². The average molecular weight is 254 g/mol. The van der Waals surface area contributed by atoms with E-state index < -0.39 is 0 Å². The van der Waals surface area contributed by atoms with E-state index in [1.807, 2.05) is 10.8 Å². The summed E-state index contributed by atoms with van der Waals surface area (Å²) in [6.45, 7) is 4.20. The summed E-state index contributed by atoms with van der Waals surface area (Å²) in [6.07, 6.45) is 6.83. The number of nitrogens with zero attached hydrogens (tertiary/aromatic N) is 3. The van der Waals surface area contributed by atoms with E-state index in [0.717, 1.165) is 0 Å². The molecule has 6 heteroatoms. The number of imidazole rings is 2. The molecule has 2 aromatic heterocycles. The van der Waals surface area contributed by atoms with Crippen LogP contribution in [0.2, 0.25) is 0 Å². The summed E-state index contributed by atoms with van der Waals surface area (Å²) in [5.74, 6) is 1.37. The Labute approximate surface area is 108 Å². The second-order valence-electron chi connectivity index (χ2n) is 3.58. The predicted octanol–water partition coefficient (Wildman–Crippen LogP) is 2.53. The fraction of sp³-hybridized carbons (Fsp3) is 0.500. The number of ether oxygens (including phenoxy) is 2. The highest BCUT2D eigenvalue weighted by molar-refractivity contribution is 5.03. The number of aromatic nitrogens is 4. The average Bonchev–Trinajstić information content (AvgIpc) is 3.01. The molecule has 0 unspecified atom stereocenters. The van der Waals surface area contributed by atoms with Crippen LogP contribution in [-0.2, 0) is 0 Å². The zero-order valence-corrected chi connectivity index (χ0v) is 10.5. The lowest BCUT2D eigenvalue weighted by Crippen LogP contribution is -1.95. The lowest BCUT2D eigenvalue weighted by atomic mass is 10.4. The Balaban J connectivity index is 0.000000321. The van der Waals surface area contributed by atoms with Crippen LogP contribution in [0.15, 0.2) is 25.0 Å². The van der Waals surface area contributed by atoms with Crippen molar-refractivity contribution in [1.29, 1.82) is 0 Å². The molecule has 0 aliphatic carbocycles. The maximum atomic E-state index is 4.91. The van der Waals surface area contributed by atoms with E-state index in [1.54, 1.807) is 33.1 Å². The molecule has 0 bridgehead atoms. The molecule has 0 saturated carbocycles. The van der Waals surface area contributed by atoms with Crippen LogP contribution in [0.3, 0.4) is 0 Å². The van der Waals surface area contributed by atoms with E-state index in [1.165, 1.54) is 0 Å². The summed E-state index contributed by atoms with van der Waals surface area (Å²) in [6, 6.07) is 0.455. The Morgan fingerprint density at radius 3 is 2.28 bits per heavy atom. The Hall–Kier alpha value is -1.98. The van der Waals surface area contributed by atoms with E-state index in [2.05, 4.69) is 28.8 Å². The lowest BCUT2D eigenvalue weighted by Gasteiger charge is -2.02. The number of hydrogen-bond acceptors (Lipinski definition) is 4. The molecule has 18 heavy (non-hydrogen) atoms. The molecule has 2 heterocycles. The van der Waals surface area contributed by atoms with Crippen molar-refractivity contribution in [3.63, 3.8) is 0 Å². The molecule has 0 spiro atoms. The van der Waals surface area contributed by atoms with Gasteiger partial charge in [0.2, 0.25) is 11.8 Å². The molecule has 0 amide bonds. The zero-order valence-electron chi connectivity index (χ0n) is 10.5. The molecule has 2 rings (SSSR count). The van der Waals surface area contributed by atoms with E-state index in [-0.39, 0.29) is 7.43 Å². The lowest BCUT2D eigenvalue weighted by molar-refractivity contribution is 0.399. The Bertz CT molecular complexity index is 409. The van der Waals surface area contributed by atoms with Crippen molar-refractivity contribution in [2.75, 3.05) is 14.2 Å². The molecule has 2 aromatic rings. The molecule has 6 nitrogen and oxygen atoms in total. The molecular weight excluding hydrogens is 232 g/mol. The number of hydrogen-bond donors (Lipinski definition) is 1. The third-order valence-electron chi connectivity index (χ3n) is 2.08. The van der Waals surface area contributed by atoms with Crippen molar-refractivity contribution < 1.29 is 9.47 Å². The van der Waals surface area contributed by atoms with Gasteiger partial charge in [-0.05, 0) is 13.8 Å². The summed E-state index contributed by atoms with van der Waals surface area (Å²) in [5.41, 5.74) is 0. The smallest absolute Gasteiger partial charge is 0.231 e. The molecular formula is C12H22N4O2. The maximum Gasteiger partial charge on any atom is 0.231 e. The zero-order chi connectivity index (χ0) is 12.7. The summed E-state index contributed by atoms with van der Waals surface area (Å²) in [4.78, 5) is 10.5. The first-order chi connectivity index (χ1) is 8.17. The molecule has 1 N–H and O–H groups in total. The minimum atomic E-state index is 0. The van der Waals surface area contributed by atoms with E-state index in [0.29, 0.717) is 17.8 Å². The number of rotatable bonds is 3. The van der Waals surface area contributed by atoms with Crippen LogP contribution in [0.1, 0.15) is 27.3 Å². The molecule has 0 atom stereocenters. The van der Waals surface area contributed by atoms with Crippen LogP contribution in [0.25, 0.3) is 0 Å². The van der Waals surface area contributed by atoms with E-state index in [9.17, 15) is 0 Å². The maximum absolute atomic E-state index is 4.91. The van der Waals surface area contributed by atoms with Crippen molar-refractivity contribution in [3.05, 3.63) is 25.0 Å². The molecule has 102 valence electrons. The highest BCUT2D eigenvalue weighted by Crippen LogP contribution is 2.09. The van der Waals surface area contributed by atoms with Gasteiger partial charge in [-0.1, -0.05) is 7.43 Å². The second-order valence-corrected chi connectivity index (χ2v) is 3.58. The van der Waals surface area contributed by atoms with Gasteiger partial charge in [0.1, 0.15) is 0 Å². The second kappa shape index (κ2) is 8.16. The van der Waals surface area contributed by atoms with Crippen LogP contribution in [0, 0.1) is 0 Å². The standard InChI is InChI=1S/C7H12N2O.C4H6N2O.CH4/c1-6(2)9-4-7(10-3)8-5-9;1-7-4-2-5-3-6-4;/h4-6H,1-3H3;2-3H,1H3,(H,5,6);1H4. The number of nitrogens with one attached hydrogen (secondary N) is 1. The molecule has 0 saturated heterocycles. The SMILES string of the molecule is C.COc1cn(C(C)C)cn1.COc1cnc[nH]1. The normalized spacial score (nSPS) is 9.17. The highest BCUT2D eigenvalue weighted by atomic mass is 16.5. The Kier molecular flexibility index (Phi) is 7.26. The summed E-state index contributed by atoms with van der Waals surface area (Å²) in [5, 5.41) is 0. The first-order valence-electron chi connectivity index (χ1n) is 5.27. The van der Waals surface area contributed by atoms with Gasteiger partial charge in [-0.15, -0.1) is 0 Å². The third kappa shape index (κ3) is 4.90. The summed E-state index contributed by atoms with van der Waals surface area (Å²) >= 11 is 0. The summed E-state index contributed by atoms with van der Waals surface area (Å²) in [7, 11) is 3.21. The van der Waals surface area contributed by atoms with Crippen LogP contribution in [-0.4, -0.2) is 33.7 Å². The number of H-pyrrole nitrogens is 1. The van der Waals surface area contributed by atoms with Crippen molar-refractivity contribution in [3.8, 4) is 11.8 Å². The van der Waals surface area contributed by atoms with Crippen LogP contribution in [0.4, 0.5) is 0 Å². The van der Waals surface area contributed by atoms with E-state index >= 15 is 0 Å². The van der Waals surface area contributed by atoms with Crippen molar-refractivity contribution in [2.45, 2.75) is 27.3 Å². The van der Waals surface area contributed by atoms with Crippen LogP contribution < -0.4 is 9.47 Å². The largest absolute Gasteiger partial charge is 0.481 e. The Morgan fingerprint density at radius 1 is 1.28 bits per heavy atom. The quantitative estimate of drug-likeness (QED) is 0.914. The molecule has 0 fully saturated rings. The molecule has 0 aliphatic rings. The fourth-order valence-electron chi connectivity index (χ4n) is 1.06. The molecule has 0 radical (unpaired) electrons. The van der Waals surface area contributed by atoms with Gasteiger partial charge in [0, 0.05) is 6.04 Å². The van der Waals surface area contributed by atoms with Gasteiger partial charge in [0.15, 0.2) is 0 Å². The van der Waals surface area contributed by atoms with Gasteiger partial charge in [-0.3, -0.25) is 0 Å². The third-order valence-corrected chi connectivity index (χ3v) is 2.08. The van der Waals surface area contributed by atoms with E-state index in [4.69, 9.17) is 9.47 Å². The van der Waals surface area contributed by atoms with Crippen LogP contribution in [0.5, 0.6) is 11.8 Å². The fourth-order valence-corrected chi connectivity index (χ4v) is 1.06. The minimum absolute atomic E-state index is 0. The van der Waals surface area contributed by atoms with Crippen molar-refractivity contribution >= 4 is 0 Å². The molecule has 0 aliphatic heterocycles. The Morgan fingerprint density at radius 2 is 2.00 bits per heavy atom. The molecule has 0 aromatic carbocycles. The first-order valence-corrected chi connectivity index (χ1v) is 5.27. The first kappa shape index (κ1) is 16.0. The number of methoxy groups -OCH3 is 2. The van der Waals surface area contributed by atoms with Gasteiger partial charge < -0.3 is 19.0 Å².